The van der Waals surface area contributed by atoms with E-state index in [4.69, 9.17) is 18.0 Å². The van der Waals surface area contributed by atoms with E-state index in [-0.39, 0.29) is 23.0 Å². The molecule has 0 atom stereocenters. The molecule has 3 N–H and O–H groups in total. The molecule has 0 saturated heterocycles. The number of aromatic nitrogens is 2. The Morgan fingerprint density at radius 1 is 1.43 bits per heavy atom. The zero-order valence-electron chi connectivity index (χ0n) is 11.4. The summed E-state index contributed by atoms with van der Waals surface area (Å²) in [4.78, 5) is 27.9. The molecule has 0 spiro atoms. The molecular weight excluding hydrogens is 288 g/mol. The number of rotatable bonds is 4. The molecule has 1 amide bonds. The summed E-state index contributed by atoms with van der Waals surface area (Å²) in [5.74, 6) is -0.331. The van der Waals surface area contributed by atoms with E-state index >= 15 is 0 Å². The van der Waals surface area contributed by atoms with Gasteiger partial charge in [-0.3, -0.25) is 14.2 Å². The van der Waals surface area contributed by atoms with Crippen LogP contribution in [0.2, 0.25) is 0 Å². The van der Waals surface area contributed by atoms with E-state index in [9.17, 15) is 9.59 Å². The molecule has 7 heteroatoms. The van der Waals surface area contributed by atoms with Crippen molar-refractivity contribution >= 4 is 28.8 Å². The highest BCUT2D eigenvalue weighted by Gasteiger charge is 2.06. The van der Waals surface area contributed by atoms with Gasteiger partial charge in [0.2, 0.25) is 5.91 Å². The van der Waals surface area contributed by atoms with Crippen LogP contribution in [0.1, 0.15) is 11.3 Å². The number of nitrogens with zero attached hydrogens (tertiary/aromatic N) is 2. The molecule has 0 unspecified atom stereocenters. The first-order valence-electron chi connectivity index (χ1n) is 6.18. The van der Waals surface area contributed by atoms with Crippen molar-refractivity contribution in [3.8, 4) is 0 Å². The first-order chi connectivity index (χ1) is 9.95. The molecule has 21 heavy (non-hydrogen) atoms. The van der Waals surface area contributed by atoms with Crippen LogP contribution in [0.25, 0.3) is 0 Å². The minimum atomic E-state index is -0.331. The van der Waals surface area contributed by atoms with Gasteiger partial charge in [-0.2, -0.15) is 0 Å². The average molecular weight is 302 g/mol. The van der Waals surface area contributed by atoms with Gasteiger partial charge in [0.1, 0.15) is 11.5 Å². The van der Waals surface area contributed by atoms with E-state index in [0.717, 1.165) is 0 Å². The Balaban J connectivity index is 2.10. The van der Waals surface area contributed by atoms with Crippen LogP contribution in [-0.2, 0) is 11.3 Å². The van der Waals surface area contributed by atoms with Gasteiger partial charge in [-0.15, -0.1) is 0 Å². The van der Waals surface area contributed by atoms with E-state index in [2.05, 4.69) is 10.3 Å². The average Bonchev–Trinajstić information content (AvgIpc) is 2.42. The van der Waals surface area contributed by atoms with Crippen LogP contribution in [0.4, 0.5) is 5.69 Å². The number of nitrogens with one attached hydrogen (secondary N) is 1. The van der Waals surface area contributed by atoms with Crippen molar-refractivity contribution in [3.63, 3.8) is 0 Å². The summed E-state index contributed by atoms with van der Waals surface area (Å²) in [6.45, 7) is 1.61. The predicted molar refractivity (Wildman–Crippen MR) is 84.2 cm³/mol. The minimum absolute atomic E-state index is 0.108. The Labute approximate surface area is 126 Å². The zero-order valence-corrected chi connectivity index (χ0v) is 12.2. The normalized spacial score (nSPS) is 10.1. The summed E-state index contributed by atoms with van der Waals surface area (Å²) in [5.41, 5.74) is 7.11. The van der Waals surface area contributed by atoms with Gasteiger partial charge in [0, 0.05) is 23.0 Å². The van der Waals surface area contributed by atoms with Crippen LogP contribution in [0.5, 0.6) is 0 Å². The third kappa shape index (κ3) is 3.96. The maximum absolute atomic E-state index is 11.9. The van der Waals surface area contributed by atoms with Gasteiger partial charge in [-0.25, -0.2) is 4.98 Å². The molecule has 6 nitrogen and oxygen atoms in total. The Morgan fingerprint density at radius 2 is 2.19 bits per heavy atom. The molecule has 2 rings (SSSR count). The van der Waals surface area contributed by atoms with Crippen molar-refractivity contribution in [1.82, 2.24) is 9.55 Å². The topological polar surface area (TPSA) is 90.0 Å². The van der Waals surface area contributed by atoms with Gasteiger partial charge in [-0.05, 0) is 19.1 Å². The molecule has 0 aliphatic heterocycles. The third-order valence-corrected chi connectivity index (χ3v) is 3.00. The highest BCUT2D eigenvalue weighted by Crippen LogP contribution is 2.10. The quantitative estimate of drug-likeness (QED) is 0.816. The molecule has 108 valence electrons. The first kappa shape index (κ1) is 14.9. The smallest absolute Gasteiger partial charge is 0.253 e. The minimum Gasteiger partial charge on any atom is -0.389 e. The van der Waals surface area contributed by atoms with E-state index in [1.165, 1.54) is 17.0 Å². The van der Waals surface area contributed by atoms with Gasteiger partial charge in [0.05, 0.1) is 6.33 Å². The summed E-state index contributed by atoms with van der Waals surface area (Å²) < 4.78 is 1.24. The van der Waals surface area contributed by atoms with E-state index in [1.807, 2.05) is 0 Å². The van der Waals surface area contributed by atoms with Crippen LogP contribution in [0.15, 0.2) is 41.5 Å². The highest BCUT2D eigenvalue weighted by atomic mass is 32.1. The second kappa shape index (κ2) is 6.27. The molecule has 1 aromatic heterocycles. The fourth-order valence-electron chi connectivity index (χ4n) is 1.74. The number of carbonyl (C=O) groups excluding carboxylic acids is 1. The van der Waals surface area contributed by atoms with Crippen molar-refractivity contribution in [2.75, 3.05) is 5.32 Å². The van der Waals surface area contributed by atoms with E-state index in [1.54, 1.807) is 31.2 Å². The number of anilines is 1. The van der Waals surface area contributed by atoms with Crippen LogP contribution >= 0.6 is 12.2 Å². The number of hydrogen-bond donors (Lipinski definition) is 2. The Hall–Kier alpha value is -2.54. The number of aryl methyl sites for hydroxylation is 1. The Kier molecular flexibility index (Phi) is 4.44. The molecule has 2 aromatic rings. The number of carbonyl (C=O) groups is 1. The largest absolute Gasteiger partial charge is 0.389 e. The lowest BCUT2D eigenvalue weighted by atomic mass is 10.2. The lowest BCUT2D eigenvalue weighted by molar-refractivity contribution is -0.116. The van der Waals surface area contributed by atoms with Crippen molar-refractivity contribution < 1.29 is 4.79 Å². The molecule has 0 aliphatic rings. The van der Waals surface area contributed by atoms with Crippen LogP contribution in [-0.4, -0.2) is 20.4 Å². The molecule has 0 bridgehead atoms. The van der Waals surface area contributed by atoms with Crippen LogP contribution in [0.3, 0.4) is 0 Å². The van der Waals surface area contributed by atoms with Gasteiger partial charge in [0.15, 0.2) is 0 Å². The number of benzene rings is 1. The van der Waals surface area contributed by atoms with Gasteiger partial charge in [0.25, 0.3) is 5.56 Å². The maximum atomic E-state index is 11.9. The molecule has 0 aliphatic carbocycles. The number of amides is 1. The fourth-order valence-corrected chi connectivity index (χ4v) is 1.87. The number of hydrogen-bond acceptors (Lipinski definition) is 4. The second-order valence-electron chi connectivity index (χ2n) is 4.49. The summed E-state index contributed by atoms with van der Waals surface area (Å²) in [6.07, 6.45) is 1.35. The lowest BCUT2D eigenvalue weighted by Gasteiger charge is -2.08. The monoisotopic (exact) mass is 302 g/mol. The van der Waals surface area contributed by atoms with E-state index < -0.39 is 0 Å². The Morgan fingerprint density at radius 3 is 2.86 bits per heavy atom. The summed E-state index contributed by atoms with van der Waals surface area (Å²) >= 11 is 4.88. The summed E-state index contributed by atoms with van der Waals surface area (Å²) in [6, 6.07) is 8.27. The predicted octanol–water partition coefficient (Wildman–Crippen LogP) is 0.825. The maximum Gasteiger partial charge on any atom is 0.253 e. The molecule has 0 saturated carbocycles. The van der Waals surface area contributed by atoms with Crippen LogP contribution < -0.4 is 16.6 Å². The highest BCUT2D eigenvalue weighted by molar-refractivity contribution is 7.80. The fraction of sp³-hybridized carbons (Fsp3) is 0.143. The van der Waals surface area contributed by atoms with Crippen LogP contribution in [0, 0.1) is 6.92 Å². The van der Waals surface area contributed by atoms with Crippen molar-refractivity contribution in [1.29, 1.82) is 0 Å². The third-order valence-electron chi connectivity index (χ3n) is 2.76. The number of nitrogens with two attached hydrogens (primary N) is 1. The zero-order chi connectivity index (χ0) is 15.4. The molecular formula is C14H14N4O2S. The van der Waals surface area contributed by atoms with Crippen molar-refractivity contribution in [3.05, 3.63) is 58.3 Å². The van der Waals surface area contributed by atoms with Crippen molar-refractivity contribution in [2.24, 2.45) is 5.73 Å². The SMILES string of the molecule is Cc1cc(=O)n(CC(=O)Nc2cccc(C(N)=S)c2)cn1. The van der Waals surface area contributed by atoms with E-state index in [0.29, 0.717) is 16.9 Å². The Bertz CT molecular complexity index is 755. The first-order valence-corrected chi connectivity index (χ1v) is 6.59. The standard InChI is InChI=1S/C14H14N4O2S/c1-9-5-13(20)18(8-16-9)7-12(19)17-11-4-2-3-10(6-11)14(15)21/h2-6,8H,7H2,1H3,(H2,15,21)(H,17,19). The summed E-state index contributed by atoms with van der Waals surface area (Å²) in [7, 11) is 0. The molecule has 1 aromatic carbocycles. The second-order valence-corrected chi connectivity index (χ2v) is 4.93. The molecule has 0 radical (unpaired) electrons. The molecule has 1 heterocycles. The summed E-state index contributed by atoms with van der Waals surface area (Å²) in [5, 5.41) is 2.69. The van der Waals surface area contributed by atoms with Crippen molar-refractivity contribution in [2.45, 2.75) is 13.5 Å². The number of thiocarbonyl (C=S) groups is 1. The van der Waals surface area contributed by atoms with Gasteiger partial charge >= 0.3 is 0 Å². The molecule has 0 fully saturated rings. The van der Waals surface area contributed by atoms with Gasteiger partial charge in [-0.1, -0.05) is 24.4 Å². The lowest BCUT2D eigenvalue weighted by Crippen LogP contribution is -2.27. The van der Waals surface area contributed by atoms with Gasteiger partial charge < -0.3 is 11.1 Å².